The van der Waals surface area contributed by atoms with Crippen LogP contribution in [0.15, 0.2) is 116 Å². The highest BCUT2D eigenvalue weighted by Crippen LogP contribution is 2.18. The first-order valence-corrected chi connectivity index (χ1v) is 19.6. The summed E-state index contributed by atoms with van der Waals surface area (Å²) in [4.78, 5) is 84.7. The predicted octanol–water partition coefficient (Wildman–Crippen LogP) is 2.89. The Hall–Kier alpha value is -6.64. The van der Waals surface area contributed by atoms with E-state index in [0.29, 0.717) is 21.7 Å². The van der Waals surface area contributed by atoms with Crippen LogP contribution in [0.25, 0.3) is 10.8 Å². The monoisotopic (exact) mass is 834 g/mol. The number of nitrogens with zero attached hydrogens (tertiary/aromatic N) is 1. The minimum Gasteiger partial charge on any atom is -0.508 e. The fraction of sp³-hybridized carbons (Fsp3) is 0.267. The Kier molecular flexibility index (Phi) is 15.8. The summed E-state index contributed by atoms with van der Waals surface area (Å²) in [5.74, 6) is -3.91. The number of Topliss-reactive ketones (excluding diaryl/α,β-unsaturated/α-hetero) is 1. The average Bonchev–Trinajstić information content (AvgIpc) is 3.23. The molecule has 4 aromatic carbocycles. The maximum atomic E-state index is 14.3. The maximum Gasteiger partial charge on any atom is 0.245 e. The van der Waals surface area contributed by atoms with Gasteiger partial charge in [-0.15, -0.1) is 0 Å². The smallest absolute Gasteiger partial charge is 0.245 e. The number of phenols is 1. The van der Waals surface area contributed by atoms with Gasteiger partial charge in [-0.1, -0.05) is 84.4 Å². The van der Waals surface area contributed by atoms with E-state index in [9.17, 15) is 39.0 Å². The average molecular weight is 835 g/mol. The van der Waals surface area contributed by atoms with Crippen molar-refractivity contribution in [3.05, 3.63) is 143 Å². The molecule has 14 nitrogen and oxygen atoms in total. The van der Waals surface area contributed by atoms with E-state index in [0.717, 1.165) is 16.3 Å². The number of aromatic nitrogens is 1. The van der Waals surface area contributed by atoms with Gasteiger partial charge in [0, 0.05) is 43.6 Å². The van der Waals surface area contributed by atoms with Crippen molar-refractivity contribution in [2.75, 3.05) is 6.61 Å². The van der Waals surface area contributed by atoms with Gasteiger partial charge in [0.05, 0.1) is 12.6 Å². The van der Waals surface area contributed by atoms with Crippen LogP contribution in [-0.4, -0.2) is 87.3 Å². The van der Waals surface area contributed by atoms with Crippen LogP contribution in [0.1, 0.15) is 36.1 Å². The number of amides is 5. The van der Waals surface area contributed by atoms with E-state index in [4.69, 9.17) is 11.6 Å². The third-order valence-corrected chi connectivity index (χ3v) is 9.98. The molecular formula is C45H47ClN6O8. The summed E-state index contributed by atoms with van der Waals surface area (Å²) in [7, 11) is 0. The number of aliphatic hydroxyl groups is 1. The zero-order valence-corrected chi connectivity index (χ0v) is 33.8. The standard InChI is InChI=1S/C45H47ClN6O8/c1-27(54)37(21-30-12-17-36(56)18-13-30)49-45(60)41(26-53)52-44(59)40(24-32-6-5-19-47-25-32)51-43(58)39(22-29-10-15-35(46)16-11-29)50-42(57)38(48-28(2)55)23-31-9-14-33-7-3-4-8-34(33)20-31/h3-20,25,37-41,53,56H,21-24,26H2,1-2H3,(H,48,55)(H,49,60)(H,50,57)(H,51,58)(H,52,59)/t37-,38+,39+,40+,41-/m0/s1. The van der Waals surface area contributed by atoms with E-state index in [1.165, 1.54) is 38.4 Å². The summed E-state index contributed by atoms with van der Waals surface area (Å²) in [6.07, 6.45) is 3.10. The molecule has 1 aromatic heterocycles. The van der Waals surface area contributed by atoms with Gasteiger partial charge in [0.2, 0.25) is 29.5 Å². The molecular weight excluding hydrogens is 788 g/mol. The molecule has 0 saturated carbocycles. The van der Waals surface area contributed by atoms with Crippen molar-refractivity contribution in [1.29, 1.82) is 0 Å². The van der Waals surface area contributed by atoms with Crippen LogP contribution in [0.4, 0.5) is 0 Å². The number of nitrogens with one attached hydrogen (secondary N) is 5. The number of halogens is 1. The number of carbonyl (C=O) groups is 6. The second kappa shape index (κ2) is 21.4. The summed E-state index contributed by atoms with van der Waals surface area (Å²) < 4.78 is 0. The number of carbonyl (C=O) groups excluding carboxylic acids is 6. The largest absolute Gasteiger partial charge is 0.508 e. The lowest BCUT2D eigenvalue weighted by Gasteiger charge is -2.27. The SMILES string of the molecule is CC(=O)N[C@H](Cc1ccc2ccccc2c1)C(=O)N[C@H](Cc1ccc(Cl)cc1)C(=O)N[C@H](Cc1cccnc1)C(=O)N[C@@H](CO)C(=O)N[C@@H](Cc1ccc(O)cc1)C(C)=O. The van der Waals surface area contributed by atoms with E-state index in [-0.39, 0.29) is 37.2 Å². The minimum atomic E-state index is -1.52. The minimum absolute atomic E-state index is 0.0305. The molecule has 60 heavy (non-hydrogen) atoms. The Morgan fingerprint density at radius 2 is 1.03 bits per heavy atom. The number of fused-ring (bicyclic) bond motifs is 1. The normalized spacial score (nSPS) is 13.5. The predicted molar refractivity (Wildman–Crippen MR) is 226 cm³/mol. The molecule has 5 atom stereocenters. The Labute approximate surface area is 352 Å². The maximum absolute atomic E-state index is 14.3. The van der Waals surface area contributed by atoms with Gasteiger partial charge in [0.1, 0.15) is 29.9 Å². The molecule has 0 radical (unpaired) electrons. The second-order valence-corrected chi connectivity index (χ2v) is 14.9. The molecule has 15 heteroatoms. The first-order valence-electron chi connectivity index (χ1n) is 19.3. The molecule has 7 N–H and O–H groups in total. The van der Waals surface area contributed by atoms with Crippen LogP contribution in [-0.2, 0) is 54.5 Å². The topological polar surface area (TPSA) is 216 Å². The molecule has 0 aliphatic carbocycles. The Morgan fingerprint density at radius 3 is 1.60 bits per heavy atom. The summed E-state index contributed by atoms with van der Waals surface area (Å²) in [6.45, 7) is 1.74. The number of phenolic OH excluding ortho intramolecular Hbond substituents is 1. The van der Waals surface area contributed by atoms with E-state index in [2.05, 4.69) is 31.6 Å². The van der Waals surface area contributed by atoms with Crippen LogP contribution >= 0.6 is 11.6 Å². The molecule has 0 unspecified atom stereocenters. The highest BCUT2D eigenvalue weighted by atomic mass is 35.5. The number of rotatable bonds is 19. The summed E-state index contributed by atoms with van der Waals surface area (Å²) in [5.41, 5.74) is 2.59. The number of hydrogen-bond donors (Lipinski definition) is 7. The van der Waals surface area contributed by atoms with Crippen LogP contribution in [0.2, 0.25) is 5.02 Å². The molecule has 0 fully saturated rings. The Balaban J connectivity index is 1.37. The second-order valence-electron chi connectivity index (χ2n) is 14.4. The highest BCUT2D eigenvalue weighted by molar-refractivity contribution is 6.30. The first-order chi connectivity index (χ1) is 28.8. The lowest BCUT2D eigenvalue weighted by molar-refractivity contribution is -0.135. The number of hydrogen-bond acceptors (Lipinski definition) is 9. The highest BCUT2D eigenvalue weighted by Gasteiger charge is 2.32. The van der Waals surface area contributed by atoms with Crippen molar-refractivity contribution in [2.45, 2.75) is 69.7 Å². The van der Waals surface area contributed by atoms with Crippen LogP contribution in [0, 0.1) is 0 Å². The van der Waals surface area contributed by atoms with Gasteiger partial charge < -0.3 is 36.8 Å². The van der Waals surface area contributed by atoms with Gasteiger partial charge in [-0.3, -0.25) is 33.8 Å². The van der Waals surface area contributed by atoms with Gasteiger partial charge >= 0.3 is 0 Å². The molecule has 0 spiro atoms. The van der Waals surface area contributed by atoms with Crippen LogP contribution in [0.5, 0.6) is 5.75 Å². The van der Waals surface area contributed by atoms with E-state index < -0.39 is 66.4 Å². The third-order valence-electron chi connectivity index (χ3n) is 9.73. The van der Waals surface area contributed by atoms with Crippen molar-refractivity contribution < 1.29 is 39.0 Å². The summed E-state index contributed by atoms with van der Waals surface area (Å²) in [6, 6.07) is 23.3. The fourth-order valence-corrected chi connectivity index (χ4v) is 6.66. The lowest BCUT2D eigenvalue weighted by Crippen LogP contribution is -2.60. The van der Waals surface area contributed by atoms with Crippen molar-refractivity contribution in [2.24, 2.45) is 0 Å². The van der Waals surface area contributed by atoms with Gasteiger partial charge in [-0.05, 0) is 76.7 Å². The molecule has 1 heterocycles. The summed E-state index contributed by atoms with van der Waals surface area (Å²) >= 11 is 6.13. The van der Waals surface area contributed by atoms with Crippen molar-refractivity contribution in [3.63, 3.8) is 0 Å². The van der Waals surface area contributed by atoms with Crippen molar-refractivity contribution in [1.82, 2.24) is 31.6 Å². The van der Waals surface area contributed by atoms with Gasteiger partial charge in [-0.25, -0.2) is 0 Å². The lowest BCUT2D eigenvalue weighted by atomic mass is 9.99. The van der Waals surface area contributed by atoms with Gasteiger partial charge in [-0.2, -0.15) is 0 Å². The molecule has 0 bridgehead atoms. The van der Waals surface area contributed by atoms with E-state index in [1.807, 2.05) is 42.5 Å². The van der Waals surface area contributed by atoms with E-state index >= 15 is 0 Å². The number of ketones is 1. The first kappa shape index (κ1) is 44.5. The number of pyridine rings is 1. The Morgan fingerprint density at radius 1 is 0.550 bits per heavy atom. The number of aromatic hydroxyl groups is 1. The van der Waals surface area contributed by atoms with Crippen LogP contribution < -0.4 is 26.6 Å². The molecule has 0 aliphatic rings. The molecule has 5 amide bonds. The van der Waals surface area contributed by atoms with Crippen molar-refractivity contribution in [3.8, 4) is 5.75 Å². The zero-order chi connectivity index (χ0) is 43.2. The zero-order valence-electron chi connectivity index (χ0n) is 33.1. The van der Waals surface area contributed by atoms with E-state index in [1.54, 1.807) is 48.5 Å². The molecule has 0 aliphatic heterocycles. The van der Waals surface area contributed by atoms with Crippen LogP contribution in [0.3, 0.4) is 0 Å². The Bertz CT molecular complexity index is 2290. The van der Waals surface area contributed by atoms with Gasteiger partial charge in [0.25, 0.3) is 0 Å². The molecule has 5 aromatic rings. The number of benzene rings is 4. The third kappa shape index (κ3) is 13.2. The molecule has 0 saturated heterocycles. The summed E-state index contributed by atoms with van der Waals surface area (Å²) in [5, 5.41) is 35.5. The molecule has 5 rings (SSSR count). The van der Waals surface area contributed by atoms with Gasteiger partial charge in [0.15, 0.2) is 5.78 Å². The molecule has 312 valence electrons. The fourth-order valence-electron chi connectivity index (χ4n) is 6.53. The quantitative estimate of drug-likeness (QED) is 0.0651. The van der Waals surface area contributed by atoms with Crippen molar-refractivity contribution >= 4 is 57.7 Å². The number of aliphatic hydroxyl groups excluding tert-OH is 1.